The van der Waals surface area contributed by atoms with Crippen LogP contribution >= 0.6 is 0 Å². The Balaban J connectivity index is 1.64. The third-order valence-electron chi connectivity index (χ3n) is 7.26. The molecule has 1 atom stereocenters. The average molecular weight is 508 g/mol. The molecule has 0 unspecified atom stereocenters. The molecule has 1 fully saturated rings. The molecule has 1 saturated carbocycles. The van der Waals surface area contributed by atoms with E-state index in [1.807, 2.05) is 49.4 Å². The summed E-state index contributed by atoms with van der Waals surface area (Å²) in [5.74, 6) is 1.12. The van der Waals surface area contributed by atoms with Gasteiger partial charge in [-0.3, -0.25) is 9.59 Å². The Labute approximate surface area is 219 Å². The van der Waals surface area contributed by atoms with Gasteiger partial charge in [-0.15, -0.1) is 0 Å². The van der Waals surface area contributed by atoms with Crippen molar-refractivity contribution in [3.05, 3.63) is 59.2 Å². The van der Waals surface area contributed by atoms with Gasteiger partial charge >= 0.3 is 0 Å². The highest BCUT2D eigenvalue weighted by Gasteiger charge is 2.36. The van der Waals surface area contributed by atoms with E-state index in [1.165, 1.54) is 0 Å². The van der Waals surface area contributed by atoms with Crippen molar-refractivity contribution in [2.45, 2.75) is 45.1 Å². The van der Waals surface area contributed by atoms with Crippen LogP contribution in [-0.2, 0) is 14.3 Å². The van der Waals surface area contributed by atoms with Gasteiger partial charge in [-0.05, 0) is 37.5 Å². The Morgan fingerprint density at radius 1 is 1.03 bits per heavy atom. The first-order valence-corrected chi connectivity index (χ1v) is 12.9. The monoisotopic (exact) mass is 507 g/mol. The lowest BCUT2D eigenvalue weighted by molar-refractivity contribution is -0.144. The fourth-order valence-corrected chi connectivity index (χ4v) is 5.12. The van der Waals surface area contributed by atoms with Crippen LogP contribution in [0.15, 0.2) is 47.6 Å². The number of hydrogen-bond acceptors (Lipinski definition) is 6. The van der Waals surface area contributed by atoms with Gasteiger partial charge in [-0.2, -0.15) is 5.10 Å². The molecule has 2 aliphatic rings. The van der Waals surface area contributed by atoms with Crippen LogP contribution < -0.4 is 9.47 Å². The largest absolute Gasteiger partial charge is 0.497 e. The average Bonchev–Trinajstić information content (AvgIpc) is 3.61. The highest BCUT2D eigenvalue weighted by Crippen LogP contribution is 2.36. The second-order valence-corrected chi connectivity index (χ2v) is 9.72. The number of hydrogen-bond donors (Lipinski definition) is 0. The van der Waals surface area contributed by atoms with Crippen molar-refractivity contribution in [1.82, 2.24) is 9.91 Å². The number of hydrazone groups is 1. The molecule has 0 saturated heterocycles. The van der Waals surface area contributed by atoms with Crippen molar-refractivity contribution in [3.63, 3.8) is 0 Å². The standard InChI is InChI=1S/C29H37N3O5/c1-20-9-11-21(12-10-20)26-18-25(24-14-13-23(36-3)17-27(24)37-4)30-32(26)28(33)19-31(15-16-35-2)29(34)22-7-5-6-8-22/h9-14,17,22,26H,5-8,15-16,18-19H2,1-4H3/t26-/m1/s1. The third-order valence-corrected chi connectivity index (χ3v) is 7.26. The molecule has 1 aliphatic heterocycles. The number of carbonyl (C=O) groups is 2. The summed E-state index contributed by atoms with van der Waals surface area (Å²) in [6, 6.07) is 13.5. The van der Waals surface area contributed by atoms with E-state index in [4.69, 9.17) is 19.3 Å². The SMILES string of the molecule is COCCN(CC(=O)N1N=C(c2ccc(OC)cc2OC)C[C@@H]1c1ccc(C)cc1)C(=O)C1CCCC1. The maximum absolute atomic E-state index is 13.8. The van der Waals surface area contributed by atoms with Crippen LogP contribution in [0.25, 0.3) is 0 Å². The molecule has 0 N–H and O–H groups in total. The lowest BCUT2D eigenvalue weighted by Gasteiger charge is -2.28. The van der Waals surface area contributed by atoms with Crippen molar-refractivity contribution in [2.75, 3.05) is 41.0 Å². The molecule has 1 heterocycles. The molecular weight excluding hydrogens is 470 g/mol. The summed E-state index contributed by atoms with van der Waals surface area (Å²) < 4.78 is 16.2. The van der Waals surface area contributed by atoms with Crippen molar-refractivity contribution >= 4 is 17.5 Å². The van der Waals surface area contributed by atoms with E-state index in [-0.39, 0.29) is 30.3 Å². The molecule has 37 heavy (non-hydrogen) atoms. The Kier molecular flexibility index (Phi) is 8.82. The minimum atomic E-state index is -0.277. The van der Waals surface area contributed by atoms with Crippen LogP contribution in [-0.4, -0.2) is 68.5 Å². The number of rotatable bonds is 10. The number of benzene rings is 2. The van der Waals surface area contributed by atoms with E-state index < -0.39 is 0 Å². The van der Waals surface area contributed by atoms with Crippen LogP contribution in [0.3, 0.4) is 0 Å². The van der Waals surface area contributed by atoms with Gasteiger partial charge in [0.2, 0.25) is 5.91 Å². The number of nitrogens with zero attached hydrogens (tertiary/aromatic N) is 3. The first-order chi connectivity index (χ1) is 17.9. The zero-order valence-corrected chi connectivity index (χ0v) is 22.2. The summed E-state index contributed by atoms with van der Waals surface area (Å²) in [6.07, 6.45) is 4.41. The lowest BCUT2D eigenvalue weighted by Crippen LogP contribution is -2.44. The van der Waals surface area contributed by atoms with E-state index in [0.29, 0.717) is 31.1 Å². The van der Waals surface area contributed by atoms with Crippen molar-refractivity contribution in [1.29, 1.82) is 0 Å². The summed E-state index contributed by atoms with van der Waals surface area (Å²) in [4.78, 5) is 28.7. The topological polar surface area (TPSA) is 80.7 Å². The maximum Gasteiger partial charge on any atom is 0.262 e. The molecule has 0 radical (unpaired) electrons. The molecule has 0 bridgehead atoms. The number of carbonyl (C=O) groups excluding carboxylic acids is 2. The number of methoxy groups -OCH3 is 3. The highest BCUT2D eigenvalue weighted by atomic mass is 16.5. The third kappa shape index (κ3) is 6.13. The Bertz CT molecular complexity index is 1120. The van der Waals surface area contributed by atoms with Gasteiger partial charge in [0, 0.05) is 37.6 Å². The van der Waals surface area contributed by atoms with Crippen molar-refractivity contribution in [2.24, 2.45) is 11.0 Å². The van der Waals surface area contributed by atoms with E-state index in [1.54, 1.807) is 31.2 Å². The normalized spacial score (nSPS) is 17.6. The van der Waals surface area contributed by atoms with Crippen molar-refractivity contribution in [3.8, 4) is 11.5 Å². The van der Waals surface area contributed by atoms with Crippen LogP contribution in [0.5, 0.6) is 11.5 Å². The summed E-state index contributed by atoms with van der Waals surface area (Å²) in [5, 5.41) is 6.35. The van der Waals surface area contributed by atoms with E-state index in [2.05, 4.69) is 0 Å². The molecule has 8 nitrogen and oxygen atoms in total. The molecule has 2 amide bonds. The van der Waals surface area contributed by atoms with Crippen molar-refractivity contribution < 1.29 is 23.8 Å². The molecule has 1 aliphatic carbocycles. The van der Waals surface area contributed by atoms with Gasteiger partial charge in [0.1, 0.15) is 18.0 Å². The minimum absolute atomic E-state index is 0.0150. The van der Waals surface area contributed by atoms with E-state index >= 15 is 0 Å². The zero-order chi connectivity index (χ0) is 26.4. The Morgan fingerprint density at radius 3 is 2.41 bits per heavy atom. The van der Waals surface area contributed by atoms with Crippen LogP contribution in [0.1, 0.15) is 54.8 Å². The highest BCUT2D eigenvalue weighted by molar-refractivity contribution is 6.05. The van der Waals surface area contributed by atoms with Crippen LogP contribution in [0.4, 0.5) is 0 Å². The van der Waals surface area contributed by atoms with E-state index in [9.17, 15) is 9.59 Å². The molecule has 0 aromatic heterocycles. The second-order valence-electron chi connectivity index (χ2n) is 9.72. The fourth-order valence-electron chi connectivity index (χ4n) is 5.12. The summed E-state index contributed by atoms with van der Waals surface area (Å²) in [7, 11) is 4.82. The first-order valence-electron chi connectivity index (χ1n) is 12.9. The van der Waals surface area contributed by atoms with Crippen LogP contribution in [0.2, 0.25) is 0 Å². The van der Waals surface area contributed by atoms with Gasteiger partial charge < -0.3 is 19.1 Å². The molecule has 0 spiro atoms. The number of ether oxygens (including phenoxy) is 3. The molecule has 8 heteroatoms. The molecule has 2 aromatic rings. The summed E-state index contributed by atoms with van der Waals surface area (Å²) in [5.41, 5.74) is 3.71. The fraction of sp³-hybridized carbons (Fsp3) is 0.483. The minimum Gasteiger partial charge on any atom is -0.497 e. The Morgan fingerprint density at radius 2 is 1.76 bits per heavy atom. The summed E-state index contributed by atoms with van der Waals surface area (Å²) in [6.45, 7) is 2.76. The molecule has 4 rings (SSSR count). The van der Waals surface area contributed by atoms with Gasteiger partial charge in [0.25, 0.3) is 5.91 Å². The predicted octanol–water partition coefficient (Wildman–Crippen LogP) is 4.36. The number of amides is 2. The predicted molar refractivity (Wildman–Crippen MR) is 142 cm³/mol. The van der Waals surface area contributed by atoms with Gasteiger partial charge in [0.05, 0.1) is 32.6 Å². The zero-order valence-electron chi connectivity index (χ0n) is 22.2. The molecule has 198 valence electrons. The number of aryl methyl sites for hydroxylation is 1. The van der Waals surface area contributed by atoms with Crippen LogP contribution in [0, 0.1) is 12.8 Å². The van der Waals surface area contributed by atoms with Gasteiger partial charge in [-0.25, -0.2) is 5.01 Å². The maximum atomic E-state index is 13.8. The first kappa shape index (κ1) is 26.7. The molecule has 2 aromatic carbocycles. The molecular formula is C29H37N3O5. The lowest BCUT2D eigenvalue weighted by atomic mass is 9.97. The smallest absolute Gasteiger partial charge is 0.262 e. The van der Waals surface area contributed by atoms with Gasteiger partial charge in [0.15, 0.2) is 0 Å². The second kappa shape index (κ2) is 12.2. The van der Waals surface area contributed by atoms with E-state index in [0.717, 1.165) is 48.1 Å². The van der Waals surface area contributed by atoms with Gasteiger partial charge in [-0.1, -0.05) is 42.7 Å². The quantitative estimate of drug-likeness (QED) is 0.478. The Hall–Kier alpha value is -3.39. The summed E-state index contributed by atoms with van der Waals surface area (Å²) >= 11 is 0.